The number of hydrogen-bond acceptors (Lipinski definition) is 4. The molecule has 0 aromatic heterocycles. The maximum absolute atomic E-state index is 6.07. The maximum atomic E-state index is 6.07. The summed E-state index contributed by atoms with van der Waals surface area (Å²) in [6.45, 7) is 18.5. The monoisotopic (exact) mass is 387 g/mol. The molecule has 0 aliphatic heterocycles. The van der Waals surface area contributed by atoms with Crippen LogP contribution < -0.4 is 5.32 Å². The molecule has 0 aliphatic carbocycles. The Bertz CT molecular complexity index is 294. The first kappa shape index (κ1) is 26.1. The van der Waals surface area contributed by atoms with Crippen molar-refractivity contribution < 1.29 is 4.43 Å². The molecule has 0 aromatic rings. The van der Waals surface area contributed by atoms with Crippen LogP contribution in [-0.4, -0.2) is 78.0 Å². The summed E-state index contributed by atoms with van der Waals surface area (Å²) < 4.78 is 6.07. The van der Waals surface area contributed by atoms with Crippen molar-refractivity contribution >= 4 is 9.76 Å². The van der Waals surface area contributed by atoms with Crippen molar-refractivity contribution in [3.8, 4) is 0 Å². The second-order valence-corrected chi connectivity index (χ2v) is 9.39. The van der Waals surface area contributed by atoms with Crippen LogP contribution in [-0.2, 0) is 4.43 Å². The van der Waals surface area contributed by atoms with E-state index in [1.807, 2.05) is 0 Å². The minimum Gasteiger partial charge on any atom is -0.421 e. The van der Waals surface area contributed by atoms with E-state index in [0.717, 1.165) is 6.54 Å². The highest BCUT2D eigenvalue weighted by Gasteiger charge is 2.08. The number of hydrogen-bond donors (Lipinski definition) is 1. The Morgan fingerprint density at radius 3 is 2.31 bits per heavy atom. The van der Waals surface area contributed by atoms with Crippen molar-refractivity contribution in [2.45, 2.75) is 91.3 Å². The Morgan fingerprint density at radius 1 is 0.923 bits per heavy atom. The third-order valence-corrected chi connectivity index (χ3v) is 6.50. The number of rotatable bonds is 19. The summed E-state index contributed by atoms with van der Waals surface area (Å²) in [5, 5.41) is 3.62. The fraction of sp³-hybridized carbons (Fsp3) is 1.00. The van der Waals surface area contributed by atoms with Gasteiger partial charge in [-0.3, -0.25) is 0 Å². The summed E-state index contributed by atoms with van der Waals surface area (Å²) in [5.41, 5.74) is 0. The van der Waals surface area contributed by atoms with E-state index in [-0.39, 0.29) is 9.76 Å². The van der Waals surface area contributed by atoms with Gasteiger partial charge in [0.2, 0.25) is 0 Å². The molecule has 0 aromatic carbocycles. The fourth-order valence-electron chi connectivity index (χ4n) is 3.25. The smallest absolute Gasteiger partial charge is 0.163 e. The van der Waals surface area contributed by atoms with Crippen LogP contribution in [0.15, 0.2) is 0 Å². The van der Waals surface area contributed by atoms with Crippen molar-refractivity contribution in [1.82, 2.24) is 15.1 Å². The van der Waals surface area contributed by atoms with E-state index in [1.54, 1.807) is 0 Å². The highest BCUT2D eigenvalue weighted by Crippen LogP contribution is 2.03. The van der Waals surface area contributed by atoms with Crippen LogP contribution in [0.25, 0.3) is 0 Å². The van der Waals surface area contributed by atoms with Gasteiger partial charge in [-0.15, -0.1) is 0 Å². The summed E-state index contributed by atoms with van der Waals surface area (Å²) >= 11 is 0. The van der Waals surface area contributed by atoms with Gasteiger partial charge in [-0.1, -0.05) is 27.2 Å². The molecule has 0 radical (unpaired) electrons. The Hall–Kier alpha value is 0.0569. The Morgan fingerprint density at radius 2 is 1.65 bits per heavy atom. The maximum Gasteiger partial charge on any atom is 0.163 e. The number of nitrogens with zero attached hydrogens (tertiary/aromatic N) is 2. The van der Waals surface area contributed by atoms with E-state index in [9.17, 15) is 0 Å². The molecule has 5 heteroatoms. The minimum atomic E-state index is -0.359. The van der Waals surface area contributed by atoms with Gasteiger partial charge in [0.05, 0.1) is 0 Å². The molecule has 0 fully saturated rings. The second kappa shape index (κ2) is 18.4. The number of nitrogens with one attached hydrogen (secondary N) is 1. The van der Waals surface area contributed by atoms with E-state index in [4.69, 9.17) is 4.43 Å². The summed E-state index contributed by atoms with van der Waals surface area (Å²) in [6, 6.07) is 1.93. The first-order chi connectivity index (χ1) is 12.5. The van der Waals surface area contributed by atoms with E-state index in [0.29, 0.717) is 12.1 Å². The first-order valence-electron chi connectivity index (χ1n) is 11.3. The molecular weight excluding hydrogens is 338 g/mol. The van der Waals surface area contributed by atoms with E-state index < -0.39 is 0 Å². The molecule has 2 unspecified atom stereocenters. The lowest BCUT2D eigenvalue weighted by molar-refractivity contribution is 0.213. The first-order valence-corrected chi connectivity index (χ1v) is 12.9. The molecule has 0 aliphatic rings. The van der Waals surface area contributed by atoms with Crippen molar-refractivity contribution in [3.05, 3.63) is 0 Å². The Kier molecular flexibility index (Phi) is 18.5. The second-order valence-electron chi connectivity index (χ2n) is 7.94. The van der Waals surface area contributed by atoms with E-state index >= 15 is 0 Å². The van der Waals surface area contributed by atoms with Crippen molar-refractivity contribution in [3.63, 3.8) is 0 Å². The van der Waals surface area contributed by atoms with Gasteiger partial charge in [0, 0.05) is 12.1 Å². The van der Waals surface area contributed by atoms with Gasteiger partial charge in [-0.2, -0.15) is 0 Å². The van der Waals surface area contributed by atoms with Gasteiger partial charge < -0.3 is 19.5 Å². The molecule has 0 saturated heterocycles. The topological polar surface area (TPSA) is 27.7 Å². The van der Waals surface area contributed by atoms with Gasteiger partial charge in [0.1, 0.15) is 0 Å². The van der Waals surface area contributed by atoms with Crippen LogP contribution in [0.5, 0.6) is 0 Å². The zero-order chi connectivity index (χ0) is 19.6. The predicted octanol–water partition coefficient (Wildman–Crippen LogP) is 3.51. The van der Waals surface area contributed by atoms with Crippen LogP contribution in [0.4, 0.5) is 0 Å². The summed E-state index contributed by atoms with van der Waals surface area (Å²) in [4.78, 5) is 5.14. The van der Waals surface area contributed by atoms with Crippen molar-refractivity contribution in [2.24, 2.45) is 0 Å². The third-order valence-electron chi connectivity index (χ3n) is 5.09. The molecule has 0 spiro atoms. The summed E-state index contributed by atoms with van der Waals surface area (Å²) in [7, 11) is 1.89. The fourth-order valence-corrected chi connectivity index (χ4v) is 4.56. The highest BCUT2D eigenvalue weighted by atomic mass is 28.2. The lowest BCUT2D eigenvalue weighted by Crippen LogP contribution is -2.34. The zero-order valence-electron chi connectivity index (χ0n) is 18.9. The van der Waals surface area contributed by atoms with E-state index in [1.165, 1.54) is 77.3 Å². The lowest BCUT2D eigenvalue weighted by atomic mass is 10.2. The summed E-state index contributed by atoms with van der Waals surface area (Å²) in [6.07, 6.45) is 7.92. The minimum absolute atomic E-state index is 0.359. The SMILES string of the molecule is CCCC(C)O[SiH2]CCN(CCCNC(C)CC)CCCN(C)CCC. The van der Waals surface area contributed by atoms with Crippen LogP contribution in [0.1, 0.15) is 73.1 Å². The molecule has 158 valence electrons. The van der Waals surface area contributed by atoms with Gasteiger partial charge in [-0.25, -0.2) is 0 Å². The molecule has 1 N–H and O–H groups in total. The average molecular weight is 388 g/mol. The average Bonchev–Trinajstić information content (AvgIpc) is 2.61. The van der Waals surface area contributed by atoms with Gasteiger partial charge in [0.25, 0.3) is 0 Å². The third kappa shape index (κ3) is 16.2. The highest BCUT2D eigenvalue weighted by molar-refractivity contribution is 6.27. The zero-order valence-corrected chi connectivity index (χ0v) is 20.3. The van der Waals surface area contributed by atoms with E-state index in [2.05, 4.69) is 56.8 Å². The molecule has 0 bridgehead atoms. The lowest BCUT2D eigenvalue weighted by Gasteiger charge is -2.24. The quantitative estimate of drug-likeness (QED) is 0.271. The predicted molar refractivity (Wildman–Crippen MR) is 120 cm³/mol. The standard InChI is InChI=1S/C21H49N3OSi/c1-7-12-21(5)25-26-19-18-24(16-10-13-22-20(4)9-3)17-11-15-23(6)14-8-2/h20-22H,7-19,26H2,1-6H3. The molecule has 0 saturated carbocycles. The van der Waals surface area contributed by atoms with Crippen molar-refractivity contribution in [1.29, 1.82) is 0 Å². The molecule has 0 heterocycles. The molecule has 4 nitrogen and oxygen atoms in total. The summed E-state index contributed by atoms with van der Waals surface area (Å²) in [5.74, 6) is 0. The molecule has 0 amide bonds. The normalized spacial score (nSPS) is 14.8. The Balaban J connectivity index is 4.05. The van der Waals surface area contributed by atoms with Crippen LogP contribution in [0.3, 0.4) is 0 Å². The van der Waals surface area contributed by atoms with Crippen molar-refractivity contribution in [2.75, 3.05) is 46.3 Å². The van der Waals surface area contributed by atoms with Crippen LogP contribution in [0.2, 0.25) is 6.04 Å². The molecular formula is C21H49N3OSi. The van der Waals surface area contributed by atoms with Gasteiger partial charge in [0.15, 0.2) is 9.76 Å². The van der Waals surface area contributed by atoms with Crippen LogP contribution in [0, 0.1) is 0 Å². The van der Waals surface area contributed by atoms with Gasteiger partial charge >= 0.3 is 0 Å². The molecule has 0 rings (SSSR count). The van der Waals surface area contributed by atoms with Crippen LogP contribution >= 0.6 is 0 Å². The largest absolute Gasteiger partial charge is 0.421 e. The molecule has 2 atom stereocenters. The van der Waals surface area contributed by atoms with Gasteiger partial charge in [-0.05, 0) is 98.3 Å². The molecule has 26 heavy (non-hydrogen) atoms. The Labute approximate surface area is 167 Å².